The van der Waals surface area contributed by atoms with Crippen molar-refractivity contribution in [2.45, 2.75) is 27.3 Å². The summed E-state index contributed by atoms with van der Waals surface area (Å²) >= 11 is 0. The third-order valence-corrected chi connectivity index (χ3v) is 9.71. The van der Waals surface area contributed by atoms with Crippen LogP contribution >= 0.6 is 0 Å². The van der Waals surface area contributed by atoms with Crippen LogP contribution in [0.25, 0.3) is 38.8 Å². The van der Waals surface area contributed by atoms with Crippen LogP contribution in [0.1, 0.15) is 37.5 Å². The van der Waals surface area contributed by atoms with Gasteiger partial charge in [0.25, 0.3) is 0 Å². The van der Waals surface area contributed by atoms with Gasteiger partial charge < -0.3 is 15.6 Å². The highest BCUT2D eigenvalue weighted by molar-refractivity contribution is 6.14. The fraction of sp³-hybridized carbons (Fsp3) is 0.0943. The van der Waals surface area contributed by atoms with E-state index in [9.17, 15) is 0 Å². The van der Waals surface area contributed by atoms with Crippen LogP contribution in [0.3, 0.4) is 0 Å². The molecule has 7 aromatic rings. The Bertz CT molecular complexity index is 2560. The highest BCUT2D eigenvalue weighted by atomic mass is 15.5. The van der Waals surface area contributed by atoms with Gasteiger partial charge in [-0.2, -0.15) is 0 Å². The van der Waals surface area contributed by atoms with E-state index in [0.29, 0.717) is 18.8 Å². The lowest BCUT2D eigenvalue weighted by Crippen LogP contribution is -2.36. The van der Waals surface area contributed by atoms with E-state index in [2.05, 4.69) is 155 Å². The summed E-state index contributed by atoms with van der Waals surface area (Å²) in [7, 11) is 0. The third kappa shape index (κ3) is 9.47. The van der Waals surface area contributed by atoms with Gasteiger partial charge in [0.2, 0.25) is 0 Å². The molecule has 0 amide bonds. The average molecular weight is 760 g/mol. The van der Waals surface area contributed by atoms with E-state index in [0.717, 1.165) is 67.0 Å². The number of nitrogens with one attached hydrogen (secondary N) is 2. The summed E-state index contributed by atoms with van der Waals surface area (Å²) in [5.41, 5.74) is 22.4. The van der Waals surface area contributed by atoms with Gasteiger partial charge in [-0.15, -0.1) is 0 Å². The van der Waals surface area contributed by atoms with Gasteiger partial charge in [0.05, 0.1) is 16.9 Å². The number of nitrogens with two attached hydrogens (primary N) is 1. The van der Waals surface area contributed by atoms with E-state index in [1.165, 1.54) is 5.39 Å². The molecule has 1 aromatic heterocycles. The Balaban J connectivity index is 0.00000279. The zero-order chi connectivity index (χ0) is 40.7. The summed E-state index contributed by atoms with van der Waals surface area (Å²) in [4.78, 5) is 0. The molecule has 5 nitrogen and oxygen atoms in total. The molecule has 6 aromatic carbocycles. The largest absolute Gasteiger partial charge is 0.398 e. The van der Waals surface area contributed by atoms with E-state index >= 15 is 0 Å². The minimum Gasteiger partial charge on any atom is -0.398 e. The maximum atomic E-state index is 6.78. The molecule has 0 saturated carbocycles. The van der Waals surface area contributed by atoms with Crippen LogP contribution in [0.15, 0.2) is 213 Å². The molecule has 290 valence electrons. The van der Waals surface area contributed by atoms with Crippen LogP contribution in [0.4, 0.5) is 17.1 Å². The van der Waals surface area contributed by atoms with E-state index in [4.69, 9.17) is 5.73 Å². The van der Waals surface area contributed by atoms with Crippen molar-refractivity contribution < 1.29 is 0 Å². The van der Waals surface area contributed by atoms with Crippen LogP contribution in [-0.4, -0.2) is 11.1 Å². The third-order valence-electron chi connectivity index (χ3n) is 9.71. The van der Waals surface area contributed by atoms with Gasteiger partial charge in [0.15, 0.2) is 0 Å². The van der Waals surface area contributed by atoms with Gasteiger partial charge in [0.1, 0.15) is 0 Å². The number of allylic oxidation sites excluding steroid dienone is 6. The molecule has 0 saturated heterocycles. The molecule has 4 N–H and O–H groups in total. The number of hydrogen-bond acceptors (Lipinski definition) is 4. The maximum Gasteiger partial charge on any atom is 0.0914 e. The van der Waals surface area contributed by atoms with Crippen LogP contribution < -0.4 is 21.5 Å². The van der Waals surface area contributed by atoms with Gasteiger partial charge in [-0.3, -0.25) is 5.01 Å². The monoisotopic (exact) mass is 759 g/mol. The Morgan fingerprint density at radius 2 is 1.33 bits per heavy atom. The first-order valence-corrected chi connectivity index (χ1v) is 19.9. The smallest absolute Gasteiger partial charge is 0.0914 e. The second kappa shape index (κ2) is 20.2. The van der Waals surface area contributed by atoms with Gasteiger partial charge in [-0.25, -0.2) is 5.43 Å². The van der Waals surface area contributed by atoms with Crippen molar-refractivity contribution in [3.63, 3.8) is 0 Å². The SMILES string of the molecule is C=C/C=C(\C=C/C)CNN(c1ccccc1)c1c(C(=C)Nc2ccccc2)ccc2c3ccccc3n(C/C=C(\C=C(/N)c3ccccc3)c3ccccc3)c12.CC. The molecule has 0 unspecified atom stereocenters. The minimum absolute atomic E-state index is 0.557. The number of hydrazine groups is 1. The number of nitrogens with zero attached hydrogens (tertiary/aromatic N) is 2. The molecule has 58 heavy (non-hydrogen) atoms. The first-order chi connectivity index (χ1) is 28.6. The number of hydrogen-bond donors (Lipinski definition) is 3. The minimum atomic E-state index is 0.557. The van der Waals surface area contributed by atoms with Crippen LogP contribution in [0.2, 0.25) is 0 Å². The first kappa shape index (κ1) is 40.6. The van der Waals surface area contributed by atoms with Crippen LogP contribution in [-0.2, 0) is 6.54 Å². The lowest BCUT2D eigenvalue weighted by Gasteiger charge is -2.30. The molecule has 0 fully saturated rings. The first-order valence-electron chi connectivity index (χ1n) is 19.9. The van der Waals surface area contributed by atoms with Crippen molar-refractivity contribution >= 4 is 55.8 Å². The molecular weight excluding hydrogens is 707 g/mol. The summed E-state index contributed by atoms with van der Waals surface area (Å²) < 4.78 is 2.42. The van der Waals surface area contributed by atoms with E-state index < -0.39 is 0 Å². The molecule has 0 bridgehead atoms. The Labute approximate surface area is 344 Å². The van der Waals surface area contributed by atoms with E-state index in [1.807, 2.05) is 93.6 Å². The zero-order valence-electron chi connectivity index (χ0n) is 33.8. The number of aromatic nitrogens is 1. The summed E-state index contributed by atoms with van der Waals surface area (Å²) in [5.74, 6) is 0. The Hall–Kier alpha value is -7.08. The molecule has 5 heteroatoms. The van der Waals surface area contributed by atoms with Gasteiger partial charge >= 0.3 is 0 Å². The zero-order valence-corrected chi connectivity index (χ0v) is 33.8. The Morgan fingerprint density at radius 3 is 1.98 bits per heavy atom. The van der Waals surface area contributed by atoms with Crippen molar-refractivity contribution in [2.75, 3.05) is 16.9 Å². The number of fused-ring (bicyclic) bond motifs is 3. The number of rotatable bonds is 15. The molecule has 1 heterocycles. The van der Waals surface area contributed by atoms with Crippen molar-refractivity contribution in [1.29, 1.82) is 0 Å². The summed E-state index contributed by atoms with van der Waals surface area (Å²) in [6, 6.07) is 54.3. The van der Waals surface area contributed by atoms with Crippen molar-refractivity contribution in [3.05, 3.63) is 230 Å². The van der Waals surface area contributed by atoms with Gasteiger partial charge in [-0.1, -0.05) is 179 Å². The van der Waals surface area contributed by atoms with Crippen molar-refractivity contribution in [2.24, 2.45) is 5.73 Å². The quantitative estimate of drug-likeness (QED) is 0.0720. The normalized spacial score (nSPS) is 12.0. The van der Waals surface area contributed by atoms with Crippen LogP contribution in [0.5, 0.6) is 0 Å². The predicted octanol–water partition coefficient (Wildman–Crippen LogP) is 13.3. The molecule has 0 radical (unpaired) electrons. The molecule has 0 aliphatic carbocycles. The second-order valence-electron chi connectivity index (χ2n) is 13.4. The van der Waals surface area contributed by atoms with E-state index in [-0.39, 0.29) is 0 Å². The fourth-order valence-electron chi connectivity index (χ4n) is 7.10. The van der Waals surface area contributed by atoms with Gasteiger partial charge in [0, 0.05) is 52.0 Å². The lowest BCUT2D eigenvalue weighted by atomic mass is 10.0. The number of para-hydroxylation sites is 3. The lowest BCUT2D eigenvalue weighted by molar-refractivity contribution is 0.760. The Kier molecular flexibility index (Phi) is 14.1. The topological polar surface area (TPSA) is 58.2 Å². The summed E-state index contributed by atoms with van der Waals surface area (Å²) in [6.07, 6.45) is 12.4. The molecule has 0 aliphatic heterocycles. The molecule has 0 aliphatic rings. The summed E-state index contributed by atoms with van der Waals surface area (Å²) in [6.45, 7) is 15.8. The fourth-order valence-corrected chi connectivity index (χ4v) is 7.10. The van der Waals surface area contributed by atoms with Crippen molar-refractivity contribution in [3.8, 4) is 0 Å². The highest BCUT2D eigenvalue weighted by Gasteiger charge is 2.24. The maximum absolute atomic E-state index is 6.78. The predicted molar refractivity (Wildman–Crippen MR) is 253 cm³/mol. The number of anilines is 3. The van der Waals surface area contributed by atoms with Gasteiger partial charge in [-0.05, 0) is 71.7 Å². The molecule has 0 spiro atoms. The van der Waals surface area contributed by atoms with Crippen molar-refractivity contribution in [1.82, 2.24) is 9.99 Å². The molecule has 0 atom stereocenters. The average Bonchev–Trinajstić information content (AvgIpc) is 3.60. The summed E-state index contributed by atoms with van der Waals surface area (Å²) in [5, 5.41) is 8.12. The highest BCUT2D eigenvalue weighted by Crippen LogP contribution is 2.42. The standard InChI is InChI=1S/C51H47N5.C2H6/c1-4-20-39(21-5-2)37-53-56(44-28-16-9-17-29-44)51-45(38(3)54-43-26-14-8-15-27-43)32-33-47-46-30-18-19-31-49(46)55(50(47)51)35-34-42(40-22-10-6-11-23-40)36-48(52)41-24-12-7-13-25-41;1-2/h4-34,36,53-54H,1,3,35,37,52H2,2H3;1-2H3/b21-5-,39-20+,42-34+,48-36-;. The Morgan fingerprint density at radius 1 is 0.724 bits per heavy atom. The van der Waals surface area contributed by atoms with E-state index in [1.54, 1.807) is 0 Å². The number of benzene rings is 6. The van der Waals surface area contributed by atoms with Crippen LogP contribution in [0, 0.1) is 0 Å². The molecule has 7 rings (SSSR count). The molecular formula is C53H53N5. The second-order valence-corrected chi connectivity index (χ2v) is 13.4.